The summed E-state index contributed by atoms with van der Waals surface area (Å²) >= 11 is 0. The summed E-state index contributed by atoms with van der Waals surface area (Å²) in [5.74, 6) is -1.68. The fourth-order valence-electron chi connectivity index (χ4n) is 1.55. The molecule has 0 rings (SSSR count). The van der Waals surface area contributed by atoms with Crippen LogP contribution in [0.15, 0.2) is 5.10 Å². The maximum atomic E-state index is 10.9. The molecular formula is C14H29N3O4. The van der Waals surface area contributed by atoms with Gasteiger partial charge in [-0.1, -0.05) is 20.8 Å². The fraction of sp³-hybridized carbons (Fsp3) is 0.786. The Kier molecular flexibility index (Phi) is 13.8. The first-order chi connectivity index (χ1) is 9.87. The van der Waals surface area contributed by atoms with E-state index in [4.69, 9.17) is 5.11 Å². The van der Waals surface area contributed by atoms with Crippen LogP contribution in [0.3, 0.4) is 0 Å². The first kappa shape index (κ1) is 21.7. The van der Waals surface area contributed by atoms with Gasteiger partial charge in [-0.25, -0.2) is 4.79 Å². The fourth-order valence-corrected chi connectivity index (χ4v) is 1.55. The first-order valence-electron chi connectivity index (χ1n) is 7.11. The molecule has 0 spiro atoms. The third-order valence-corrected chi connectivity index (χ3v) is 2.96. The van der Waals surface area contributed by atoms with Gasteiger partial charge in [0.05, 0.1) is 13.5 Å². The number of hydrogen-bond donors (Lipinski definition) is 1. The van der Waals surface area contributed by atoms with E-state index in [0.29, 0.717) is 0 Å². The summed E-state index contributed by atoms with van der Waals surface area (Å²) in [6.45, 7) is 11.8. The van der Waals surface area contributed by atoms with E-state index in [0.717, 1.165) is 0 Å². The Morgan fingerprint density at radius 1 is 1.24 bits per heavy atom. The molecule has 0 radical (unpaired) electrons. The number of nitrogens with zero attached hydrogens (tertiary/aromatic N) is 3. The lowest BCUT2D eigenvalue weighted by Gasteiger charge is -2.20. The van der Waals surface area contributed by atoms with E-state index in [2.05, 4.69) is 35.5 Å². The number of carbonyl (C=O) groups is 2. The van der Waals surface area contributed by atoms with Crippen LogP contribution in [0.2, 0.25) is 0 Å². The average Bonchev–Trinajstić information content (AvgIpc) is 2.46. The van der Waals surface area contributed by atoms with Crippen molar-refractivity contribution in [3.8, 4) is 0 Å². The Morgan fingerprint density at radius 3 is 1.95 bits per heavy atom. The van der Waals surface area contributed by atoms with Crippen LogP contribution < -0.4 is 0 Å². The Morgan fingerprint density at radius 2 is 1.71 bits per heavy atom. The quantitative estimate of drug-likeness (QED) is 0.413. The van der Waals surface area contributed by atoms with Gasteiger partial charge in [0.1, 0.15) is 0 Å². The first-order valence-corrected chi connectivity index (χ1v) is 7.11. The van der Waals surface area contributed by atoms with Crippen molar-refractivity contribution in [3.63, 3.8) is 0 Å². The molecule has 0 saturated heterocycles. The van der Waals surface area contributed by atoms with Gasteiger partial charge in [0, 0.05) is 13.3 Å². The van der Waals surface area contributed by atoms with Gasteiger partial charge in [0.25, 0.3) is 0 Å². The molecule has 7 nitrogen and oxygen atoms in total. The molecule has 0 aromatic rings. The molecule has 1 N–H and O–H groups in total. The SMILES string of the molecule is C/C=N/N(C)C(CC(=O)OC)C(=O)O.CCN(CC)CC. The zero-order valence-electron chi connectivity index (χ0n) is 14.0. The van der Waals surface area contributed by atoms with Crippen LogP contribution in [0.4, 0.5) is 0 Å². The number of hydrogen-bond acceptors (Lipinski definition) is 6. The van der Waals surface area contributed by atoms with Crippen molar-refractivity contribution in [2.24, 2.45) is 5.10 Å². The van der Waals surface area contributed by atoms with E-state index in [9.17, 15) is 9.59 Å². The predicted octanol–water partition coefficient (Wildman–Crippen LogP) is 1.29. The summed E-state index contributed by atoms with van der Waals surface area (Å²) in [7, 11) is 2.70. The molecule has 1 unspecified atom stereocenters. The van der Waals surface area contributed by atoms with Crippen molar-refractivity contribution in [2.45, 2.75) is 40.2 Å². The predicted molar refractivity (Wildman–Crippen MR) is 83.4 cm³/mol. The van der Waals surface area contributed by atoms with Gasteiger partial charge in [-0.05, 0) is 26.6 Å². The van der Waals surface area contributed by atoms with Gasteiger partial charge in [-0.3, -0.25) is 9.80 Å². The molecule has 0 heterocycles. The molecule has 0 aliphatic carbocycles. The molecule has 0 aliphatic heterocycles. The molecule has 7 heteroatoms. The van der Waals surface area contributed by atoms with Crippen molar-refractivity contribution >= 4 is 18.2 Å². The smallest absolute Gasteiger partial charge is 0.328 e. The number of aliphatic carboxylic acids is 1. The van der Waals surface area contributed by atoms with Crippen LogP contribution >= 0.6 is 0 Å². The second-order valence-electron chi connectivity index (χ2n) is 4.20. The second kappa shape index (κ2) is 13.4. The molecule has 0 aliphatic rings. The zero-order valence-corrected chi connectivity index (χ0v) is 14.0. The van der Waals surface area contributed by atoms with Crippen molar-refractivity contribution in [2.75, 3.05) is 33.8 Å². The number of carboxylic acid groups (broad SMARTS) is 1. The molecule has 124 valence electrons. The number of likely N-dealkylation sites (N-methyl/N-ethyl adjacent to an activating group) is 1. The summed E-state index contributed by atoms with van der Waals surface area (Å²) in [5.41, 5.74) is 0. The summed E-state index contributed by atoms with van der Waals surface area (Å²) in [6.07, 6.45) is 1.23. The third-order valence-electron chi connectivity index (χ3n) is 2.96. The molecule has 21 heavy (non-hydrogen) atoms. The Hall–Kier alpha value is -1.63. The third kappa shape index (κ3) is 10.8. The van der Waals surface area contributed by atoms with Crippen LogP contribution in [0.1, 0.15) is 34.1 Å². The molecule has 0 aromatic carbocycles. The highest BCUT2D eigenvalue weighted by Gasteiger charge is 2.25. The molecule has 0 fully saturated rings. The zero-order chi connectivity index (χ0) is 16.8. The summed E-state index contributed by atoms with van der Waals surface area (Å²) in [5, 5.41) is 13.8. The number of esters is 1. The minimum absolute atomic E-state index is 0.223. The van der Waals surface area contributed by atoms with Gasteiger partial charge < -0.3 is 14.7 Å². The molecule has 1 atom stereocenters. The average molecular weight is 303 g/mol. The van der Waals surface area contributed by atoms with E-state index in [1.54, 1.807) is 6.92 Å². The van der Waals surface area contributed by atoms with Gasteiger partial charge in [0.2, 0.25) is 0 Å². The monoisotopic (exact) mass is 303 g/mol. The van der Waals surface area contributed by atoms with Gasteiger partial charge in [-0.15, -0.1) is 0 Å². The Labute approximate surface area is 127 Å². The minimum atomic E-state index is -1.11. The van der Waals surface area contributed by atoms with E-state index in [1.165, 1.54) is 45.0 Å². The molecular weight excluding hydrogens is 274 g/mol. The molecule has 0 bridgehead atoms. The van der Waals surface area contributed by atoms with Crippen molar-refractivity contribution in [1.82, 2.24) is 9.91 Å². The lowest BCUT2D eigenvalue weighted by Crippen LogP contribution is -2.37. The largest absolute Gasteiger partial charge is 0.480 e. The maximum absolute atomic E-state index is 10.9. The summed E-state index contributed by atoms with van der Waals surface area (Å²) in [4.78, 5) is 24.0. The highest BCUT2D eigenvalue weighted by molar-refractivity contribution is 5.81. The summed E-state index contributed by atoms with van der Waals surface area (Å²) in [6, 6.07) is -0.987. The number of carbonyl (C=O) groups excluding carboxylic acids is 1. The lowest BCUT2D eigenvalue weighted by molar-refractivity contribution is -0.150. The van der Waals surface area contributed by atoms with Crippen LogP contribution in [-0.2, 0) is 14.3 Å². The number of rotatable bonds is 8. The van der Waals surface area contributed by atoms with Crippen molar-refractivity contribution in [1.29, 1.82) is 0 Å². The lowest BCUT2D eigenvalue weighted by atomic mass is 10.2. The van der Waals surface area contributed by atoms with Crippen LogP contribution in [0, 0.1) is 0 Å². The van der Waals surface area contributed by atoms with Crippen LogP contribution in [-0.4, -0.2) is 73.0 Å². The number of carboxylic acids is 1. The van der Waals surface area contributed by atoms with Crippen molar-refractivity contribution < 1.29 is 19.4 Å². The highest BCUT2D eigenvalue weighted by Crippen LogP contribution is 2.04. The number of methoxy groups -OCH3 is 1. The second-order valence-corrected chi connectivity index (χ2v) is 4.20. The topological polar surface area (TPSA) is 82.4 Å². The molecule has 0 amide bonds. The van der Waals surface area contributed by atoms with E-state index in [-0.39, 0.29) is 6.42 Å². The van der Waals surface area contributed by atoms with Crippen molar-refractivity contribution in [3.05, 3.63) is 0 Å². The van der Waals surface area contributed by atoms with Gasteiger partial charge in [-0.2, -0.15) is 5.10 Å². The van der Waals surface area contributed by atoms with E-state index >= 15 is 0 Å². The van der Waals surface area contributed by atoms with Crippen LogP contribution in [0.5, 0.6) is 0 Å². The Bertz CT molecular complexity index is 312. The minimum Gasteiger partial charge on any atom is -0.480 e. The standard InChI is InChI=1S/C8H14N2O4.C6H15N/c1-4-9-10(2)6(8(12)13)5-7(11)14-3;1-4-7(5-2)6-3/h4,6H,5H2,1-3H3,(H,12,13);4-6H2,1-3H3/b9-4+;. The molecule has 0 aromatic heterocycles. The van der Waals surface area contributed by atoms with E-state index in [1.807, 2.05) is 0 Å². The normalized spacial score (nSPS) is 11.8. The van der Waals surface area contributed by atoms with Gasteiger partial charge >= 0.3 is 11.9 Å². The number of ether oxygens (including phenoxy) is 1. The molecule has 0 saturated carbocycles. The maximum Gasteiger partial charge on any atom is 0.328 e. The van der Waals surface area contributed by atoms with Gasteiger partial charge in [0.15, 0.2) is 6.04 Å². The summed E-state index contributed by atoms with van der Waals surface area (Å²) < 4.78 is 4.38. The van der Waals surface area contributed by atoms with E-state index < -0.39 is 18.0 Å². The van der Waals surface area contributed by atoms with Crippen LogP contribution in [0.25, 0.3) is 0 Å². The number of hydrazone groups is 1. The Balaban J connectivity index is 0. The highest BCUT2D eigenvalue weighted by atomic mass is 16.5.